The molecule has 0 aromatic carbocycles. The van der Waals surface area contributed by atoms with Crippen molar-refractivity contribution < 1.29 is 0 Å². The predicted octanol–water partition coefficient (Wildman–Crippen LogP) is 5.22. The first kappa shape index (κ1) is 12.9. The van der Waals surface area contributed by atoms with Crippen LogP contribution in [-0.2, 0) is 0 Å². The first-order valence-corrected chi connectivity index (χ1v) is 7.33. The molecule has 2 rings (SSSR count). The van der Waals surface area contributed by atoms with Gasteiger partial charge < -0.3 is 0 Å². The van der Waals surface area contributed by atoms with Gasteiger partial charge in [0.1, 0.15) is 0 Å². The highest BCUT2D eigenvalue weighted by Crippen LogP contribution is 2.44. The maximum Gasteiger partial charge on any atom is -0.0137 e. The van der Waals surface area contributed by atoms with E-state index in [1.54, 1.807) is 0 Å². The number of hydrogen-bond acceptors (Lipinski definition) is 0. The average Bonchev–Trinajstić information content (AvgIpc) is 2.29. The van der Waals surface area contributed by atoms with E-state index in [0.29, 0.717) is 5.41 Å². The van der Waals surface area contributed by atoms with Gasteiger partial charge in [-0.05, 0) is 54.8 Å². The molecular weight excluding hydrogens is 204 g/mol. The van der Waals surface area contributed by atoms with E-state index in [2.05, 4.69) is 52.0 Å². The Hall–Kier alpha value is -0.520. The van der Waals surface area contributed by atoms with Crippen LogP contribution >= 0.6 is 0 Å². The quantitative estimate of drug-likeness (QED) is 0.544. The maximum atomic E-state index is 2.52. The zero-order chi connectivity index (χ0) is 12.5. The van der Waals surface area contributed by atoms with Gasteiger partial charge in [-0.3, -0.25) is 0 Å². The van der Waals surface area contributed by atoms with Crippen LogP contribution in [0.3, 0.4) is 0 Å². The molecule has 0 radical (unpaired) electrons. The van der Waals surface area contributed by atoms with Crippen molar-refractivity contribution in [1.29, 1.82) is 0 Å². The zero-order valence-corrected chi connectivity index (χ0v) is 11.9. The predicted molar refractivity (Wildman–Crippen MR) is 75.8 cm³/mol. The highest BCUT2D eigenvalue weighted by Gasteiger charge is 2.35. The van der Waals surface area contributed by atoms with Crippen molar-refractivity contribution in [2.75, 3.05) is 0 Å². The number of allylic oxidation sites excluding steroid dienone is 4. The van der Waals surface area contributed by atoms with E-state index in [4.69, 9.17) is 0 Å². The smallest absolute Gasteiger partial charge is 0.0137 e. The van der Waals surface area contributed by atoms with Crippen molar-refractivity contribution in [2.24, 2.45) is 29.1 Å². The van der Waals surface area contributed by atoms with Crippen molar-refractivity contribution >= 4 is 0 Å². The Kier molecular flexibility index (Phi) is 3.80. The van der Waals surface area contributed by atoms with E-state index in [1.807, 2.05) is 0 Å². The van der Waals surface area contributed by atoms with Crippen LogP contribution < -0.4 is 0 Å². The second kappa shape index (κ2) is 5.00. The molecule has 0 nitrogen and oxygen atoms in total. The Bertz CT molecular complexity index is 302. The summed E-state index contributed by atoms with van der Waals surface area (Å²) < 4.78 is 0. The standard InChI is InChI=1S/C17H28/c1-13-9-11-14(12-10-13)15-7-5-6-8-16(15)17(2,3)4/h5,7,9,11,13-16H,6,8,10,12H2,1-4H3/t13-,14+,15?,16-/m1/s1. The molecule has 2 aliphatic rings. The molecule has 4 atom stereocenters. The van der Waals surface area contributed by atoms with E-state index in [0.717, 1.165) is 23.7 Å². The van der Waals surface area contributed by atoms with Crippen molar-refractivity contribution in [3.05, 3.63) is 24.3 Å². The first-order chi connectivity index (χ1) is 7.98. The molecule has 0 heterocycles. The molecule has 0 saturated heterocycles. The van der Waals surface area contributed by atoms with Gasteiger partial charge in [0.05, 0.1) is 0 Å². The third-order valence-corrected chi connectivity index (χ3v) is 4.72. The summed E-state index contributed by atoms with van der Waals surface area (Å²) in [5.41, 5.74) is 0.451. The lowest BCUT2D eigenvalue weighted by atomic mass is 9.63. The third-order valence-electron chi connectivity index (χ3n) is 4.72. The normalized spacial score (nSPS) is 38.4. The van der Waals surface area contributed by atoms with Crippen molar-refractivity contribution in [3.63, 3.8) is 0 Å². The lowest BCUT2D eigenvalue weighted by Gasteiger charge is -2.42. The topological polar surface area (TPSA) is 0 Å². The van der Waals surface area contributed by atoms with Crippen LogP contribution in [0.25, 0.3) is 0 Å². The van der Waals surface area contributed by atoms with Crippen LogP contribution in [-0.4, -0.2) is 0 Å². The van der Waals surface area contributed by atoms with E-state index >= 15 is 0 Å². The first-order valence-electron chi connectivity index (χ1n) is 7.33. The minimum Gasteiger partial charge on any atom is -0.0882 e. The lowest BCUT2D eigenvalue weighted by Crippen LogP contribution is -2.33. The summed E-state index contributed by atoms with van der Waals surface area (Å²) in [5, 5.41) is 0. The van der Waals surface area contributed by atoms with Gasteiger partial charge in [-0.1, -0.05) is 52.0 Å². The summed E-state index contributed by atoms with van der Waals surface area (Å²) in [6, 6.07) is 0. The van der Waals surface area contributed by atoms with Gasteiger partial charge in [0.25, 0.3) is 0 Å². The van der Waals surface area contributed by atoms with Crippen LogP contribution in [0.15, 0.2) is 24.3 Å². The number of hydrogen-bond donors (Lipinski definition) is 0. The Labute approximate surface area is 107 Å². The molecule has 0 N–H and O–H groups in total. The minimum atomic E-state index is 0.451. The van der Waals surface area contributed by atoms with Crippen molar-refractivity contribution in [1.82, 2.24) is 0 Å². The van der Waals surface area contributed by atoms with Gasteiger partial charge in [0.2, 0.25) is 0 Å². The fourth-order valence-corrected chi connectivity index (χ4v) is 3.61. The molecule has 0 spiro atoms. The summed E-state index contributed by atoms with van der Waals surface area (Å²) in [4.78, 5) is 0. The van der Waals surface area contributed by atoms with Crippen molar-refractivity contribution in [3.8, 4) is 0 Å². The largest absolute Gasteiger partial charge is 0.0882 e. The van der Waals surface area contributed by atoms with E-state index in [-0.39, 0.29) is 0 Å². The van der Waals surface area contributed by atoms with Crippen LogP contribution in [0.5, 0.6) is 0 Å². The highest BCUT2D eigenvalue weighted by molar-refractivity contribution is 5.09. The van der Waals surface area contributed by atoms with Crippen molar-refractivity contribution in [2.45, 2.75) is 53.4 Å². The fraction of sp³-hybridized carbons (Fsp3) is 0.765. The van der Waals surface area contributed by atoms with Gasteiger partial charge in [-0.25, -0.2) is 0 Å². The molecule has 2 aliphatic carbocycles. The summed E-state index contributed by atoms with van der Waals surface area (Å²) in [5.74, 6) is 3.24. The molecule has 0 aromatic rings. The molecule has 0 heteroatoms. The summed E-state index contributed by atoms with van der Waals surface area (Å²) >= 11 is 0. The Morgan fingerprint density at radius 1 is 0.941 bits per heavy atom. The third kappa shape index (κ3) is 3.03. The second-order valence-electron chi connectivity index (χ2n) is 7.16. The average molecular weight is 232 g/mol. The van der Waals surface area contributed by atoms with Crippen LogP contribution in [0.2, 0.25) is 0 Å². The van der Waals surface area contributed by atoms with Crippen LogP contribution in [0.4, 0.5) is 0 Å². The summed E-state index contributed by atoms with van der Waals surface area (Å²) in [7, 11) is 0. The van der Waals surface area contributed by atoms with Gasteiger partial charge in [-0.15, -0.1) is 0 Å². The molecule has 0 amide bonds. The maximum absolute atomic E-state index is 2.52. The van der Waals surface area contributed by atoms with Gasteiger partial charge in [0, 0.05) is 0 Å². The molecule has 1 unspecified atom stereocenters. The number of rotatable bonds is 1. The second-order valence-corrected chi connectivity index (χ2v) is 7.16. The molecular formula is C17H28. The van der Waals surface area contributed by atoms with Gasteiger partial charge in [-0.2, -0.15) is 0 Å². The molecule has 0 aromatic heterocycles. The minimum absolute atomic E-state index is 0.451. The summed E-state index contributed by atoms with van der Waals surface area (Å²) in [6.07, 6.45) is 15.3. The molecule has 0 bridgehead atoms. The molecule has 0 aliphatic heterocycles. The molecule has 0 fully saturated rings. The Morgan fingerprint density at radius 3 is 2.29 bits per heavy atom. The zero-order valence-electron chi connectivity index (χ0n) is 11.9. The van der Waals surface area contributed by atoms with Gasteiger partial charge in [0.15, 0.2) is 0 Å². The molecule has 17 heavy (non-hydrogen) atoms. The molecule has 96 valence electrons. The molecule has 0 saturated carbocycles. The monoisotopic (exact) mass is 232 g/mol. The SMILES string of the molecule is C[C@@H]1C=C[C@H](C2C=CCC[C@H]2C(C)(C)C)CC1. The van der Waals surface area contributed by atoms with E-state index in [9.17, 15) is 0 Å². The van der Waals surface area contributed by atoms with E-state index < -0.39 is 0 Å². The Balaban J connectivity index is 2.14. The fourth-order valence-electron chi connectivity index (χ4n) is 3.61. The summed E-state index contributed by atoms with van der Waals surface area (Å²) in [6.45, 7) is 9.58. The van der Waals surface area contributed by atoms with Crippen LogP contribution in [0, 0.1) is 29.1 Å². The lowest BCUT2D eigenvalue weighted by molar-refractivity contribution is 0.132. The van der Waals surface area contributed by atoms with Gasteiger partial charge >= 0.3 is 0 Å². The highest BCUT2D eigenvalue weighted by atomic mass is 14.4. The Morgan fingerprint density at radius 2 is 1.71 bits per heavy atom. The van der Waals surface area contributed by atoms with E-state index in [1.165, 1.54) is 25.7 Å². The van der Waals surface area contributed by atoms with Crippen LogP contribution in [0.1, 0.15) is 53.4 Å².